The van der Waals surface area contributed by atoms with Crippen molar-refractivity contribution in [3.63, 3.8) is 0 Å². The predicted octanol–water partition coefficient (Wildman–Crippen LogP) is 3.32. The fraction of sp³-hybridized carbons (Fsp3) is 0.333. The lowest BCUT2D eigenvalue weighted by Crippen LogP contribution is -2.18. The van der Waals surface area contributed by atoms with E-state index >= 15 is 0 Å². The first kappa shape index (κ1) is 15.0. The van der Waals surface area contributed by atoms with Gasteiger partial charge in [0.2, 0.25) is 0 Å². The molecule has 1 fully saturated rings. The van der Waals surface area contributed by atoms with Crippen LogP contribution in [0.25, 0.3) is 0 Å². The van der Waals surface area contributed by atoms with Gasteiger partial charge in [0.25, 0.3) is 5.91 Å². The normalized spacial score (nSPS) is 15.2. The van der Waals surface area contributed by atoms with Crippen molar-refractivity contribution in [3.05, 3.63) is 46.6 Å². The summed E-state index contributed by atoms with van der Waals surface area (Å²) in [6.07, 6.45) is 2.36. The molecule has 2 heterocycles. The van der Waals surface area contributed by atoms with Crippen LogP contribution in [0, 0.1) is 5.82 Å². The lowest BCUT2D eigenvalue weighted by molar-refractivity contribution is 0.101. The molecule has 1 amide bonds. The van der Waals surface area contributed by atoms with Crippen LogP contribution in [0.15, 0.2) is 28.8 Å². The fourth-order valence-electron chi connectivity index (χ4n) is 2.43. The Kier molecular flexibility index (Phi) is 4.40. The monoisotopic (exact) mass is 323 g/mol. The quantitative estimate of drug-likeness (QED) is 0.937. The maximum absolute atomic E-state index is 13.7. The molecule has 0 unspecified atom stereocenters. The summed E-state index contributed by atoms with van der Waals surface area (Å²) < 4.78 is 18.8. The van der Waals surface area contributed by atoms with Crippen molar-refractivity contribution in [2.24, 2.45) is 0 Å². The molecule has 1 aromatic heterocycles. The smallest absolute Gasteiger partial charge is 0.277 e. The van der Waals surface area contributed by atoms with Gasteiger partial charge < -0.3 is 9.84 Å². The Morgan fingerprint density at radius 3 is 2.86 bits per heavy atom. The molecule has 1 N–H and O–H groups in total. The van der Waals surface area contributed by atoms with Gasteiger partial charge in [0.1, 0.15) is 5.82 Å². The van der Waals surface area contributed by atoms with Crippen LogP contribution < -0.4 is 5.32 Å². The number of nitrogens with one attached hydrogen (secondary N) is 1. The van der Waals surface area contributed by atoms with Crippen LogP contribution in [0.5, 0.6) is 0 Å². The van der Waals surface area contributed by atoms with Crippen LogP contribution in [0.2, 0.25) is 5.02 Å². The van der Waals surface area contributed by atoms with Gasteiger partial charge in [-0.3, -0.25) is 9.69 Å². The largest absolute Gasteiger partial charge is 0.359 e. The van der Waals surface area contributed by atoms with Crippen molar-refractivity contribution in [1.82, 2.24) is 10.1 Å². The molecule has 116 valence electrons. The van der Waals surface area contributed by atoms with Gasteiger partial charge in [-0.2, -0.15) is 0 Å². The maximum Gasteiger partial charge on any atom is 0.277 e. The summed E-state index contributed by atoms with van der Waals surface area (Å²) in [5.74, 6) is -0.483. The van der Waals surface area contributed by atoms with Crippen LogP contribution in [0.1, 0.15) is 29.1 Å². The van der Waals surface area contributed by atoms with Crippen molar-refractivity contribution in [3.8, 4) is 0 Å². The number of hydrogen-bond acceptors (Lipinski definition) is 4. The van der Waals surface area contributed by atoms with Crippen molar-refractivity contribution < 1.29 is 13.7 Å². The summed E-state index contributed by atoms with van der Waals surface area (Å²) in [5, 5.41) is 6.46. The van der Waals surface area contributed by atoms with E-state index in [0.717, 1.165) is 19.2 Å². The number of carbonyl (C=O) groups is 1. The average molecular weight is 324 g/mol. The van der Waals surface area contributed by atoms with E-state index in [0.29, 0.717) is 12.3 Å². The second-order valence-electron chi connectivity index (χ2n) is 5.24. The topological polar surface area (TPSA) is 58.4 Å². The zero-order chi connectivity index (χ0) is 15.5. The summed E-state index contributed by atoms with van der Waals surface area (Å²) in [6, 6.07) is 5.63. The first-order valence-electron chi connectivity index (χ1n) is 7.06. The van der Waals surface area contributed by atoms with E-state index in [4.69, 9.17) is 16.1 Å². The standard InChI is InChI=1S/C15H15ClFN3O2/c16-10-3-4-13(12(17)7-10)18-15(21)14-8-11(22-19-14)9-20-5-1-2-6-20/h3-4,7-8H,1-2,5-6,9H2,(H,18,21). The molecule has 0 aliphatic carbocycles. The molecule has 0 atom stereocenters. The molecule has 1 aromatic carbocycles. The van der Waals surface area contributed by atoms with Gasteiger partial charge in [-0.1, -0.05) is 16.8 Å². The molecule has 0 spiro atoms. The van der Waals surface area contributed by atoms with Gasteiger partial charge in [-0.15, -0.1) is 0 Å². The second kappa shape index (κ2) is 6.46. The number of hydrogen-bond donors (Lipinski definition) is 1. The Morgan fingerprint density at radius 1 is 1.36 bits per heavy atom. The van der Waals surface area contributed by atoms with Gasteiger partial charge in [-0.25, -0.2) is 4.39 Å². The van der Waals surface area contributed by atoms with Crippen LogP contribution >= 0.6 is 11.6 Å². The first-order valence-corrected chi connectivity index (χ1v) is 7.44. The van der Waals surface area contributed by atoms with E-state index in [1.54, 1.807) is 6.07 Å². The Balaban J connectivity index is 1.65. The molecule has 1 aliphatic heterocycles. The minimum Gasteiger partial charge on any atom is -0.359 e. The van der Waals surface area contributed by atoms with Crippen LogP contribution in [-0.2, 0) is 6.54 Å². The maximum atomic E-state index is 13.7. The number of aromatic nitrogens is 1. The Labute approximate surface area is 132 Å². The van der Waals surface area contributed by atoms with Crippen LogP contribution in [0.3, 0.4) is 0 Å². The molecule has 7 heteroatoms. The summed E-state index contributed by atoms with van der Waals surface area (Å²) in [6.45, 7) is 2.69. The van der Waals surface area contributed by atoms with E-state index in [2.05, 4.69) is 15.4 Å². The molecule has 0 bridgehead atoms. The molecule has 0 radical (unpaired) electrons. The molecule has 1 aliphatic rings. The third kappa shape index (κ3) is 3.45. The summed E-state index contributed by atoms with van der Waals surface area (Å²) in [4.78, 5) is 14.3. The number of amides is 1. The fourth-order valence-corrected chi connectivity index (χ4v) is 2.59. The van der Waals surface area contributed by atoms with E-state index in [1.165, 1.54) is 25.0 Å². The van der Waals surface area contributed by atoms with Crippen molar-refractivity contribution >= 4 is 23.2 Å². The molecule has 22 heavy (non-hydrogen) atoms. The second-order valence-corrected chi connectivity index (χ2v) is 5.68. The van der Waals surface area contributed by atoms with Crippen molar-refractivity contribution in [1.29, 1.82) is 0 Å². The van der Waals surface area contributed by atoms with E-state index < -0.39 is 11.7 Å². The summed E-state index contributed by atoms with van der Waals surface area (Å²) in [5.41, 5.74) is 0.182. The molecule has 0 saturated carbocycles. The Morgan fingerprint density at radius 2 is 2.14 bits per heavy atom. The highest BCUT2D eigenvalue weighted by Crippen LogP contribution is 2.20. The lowest BCUT2D eigenvalue weighted by Gasteiger charge is -2.10. The minimum absolute atomic E-state index is 0.0542. The third-order valence-corrected chi connectivity index (χ3v) is 3.78. The number of rotatable bonds is 4. The predicted molar refractivity (Wildman–Crippen MR) is 80.4 cm³/mol. The average Bonchev–Trinajstić information content (AvgIpc) is 3.14. The summed E-state index contributed by atoms with van der Waals surface area (Å²) in [7, 11) is 0. The lowest BCUT2D eigenvalue weighted by atomic mass is 10.3. The number of likely N-dealkylation sites (tertiary alicyclic amines) is 1. The first-order chi connectivity index (χ1) is 10.6. The van der Waals surface area contributed by atoms with Crippen molar-refractivity contribution in [2.45, 2.75) is 19.4 Å². The molecular weight excluding hydrogens is 309 g/mol. The molecule has 3 rings (SSSR count). The highest BCUT2D eigenvalue weighted by molar-refractivity contribution is 6.30. The minimum atomic E-state index is -0.596. The molecule has 5 nitrogen and oxygen atoms in total. The zero-order valence-electron chi connectivity index (χ0n) is 11.8. The van der Waals surface area contributed by atoms with Gasteiger partial charge in [-0.05, 0) is 44.1 Å². The van der Waals surface area contributed by atoms with Crippen molar-refractivity contribution in [2.75, 3.05) is 18.4 Å². The number of anilines is 1. The molecule has 1 saturated heterocycles. The highest BCUT2D eigenvalue weighted by atomic mass is 35.5. The van der Waals surface area contributed by atoms with Gasteiger partial charge in [0.05, 0.1) is 12.2 Å². The van der Waals surface area contributed by atoms with Crippen LogP contribution in [-0.4, -0.2) is 29.1 Å². The number of nitrogens with zero attached hydrogens (tertiary/aromatic N) is 2. The summed E-state index contributed by atoms with van der Waals surface area (Å²) >= 11 is 5.67. The highest BCUT2D eigenvalue weighted by Gasteiger charge is 2.18. The van der Waals surface area contributed by atoms with E-state index in [1.807, 2.05) is 0 Å². The third-order valence-electron chi connectivity index (χ3n) is 3.55. The SMILES string of the molecule is O=C(Nc1ccc(Cl)cc1F)c1cc(CN2CCCC2)on1. The number of carbonyl (C=O) groups excluding carboxylic acids is 1. The van der Waals surface area contributed by atoms with Crippen LogP contribution in [0.4, 0.5) is 10.1 Å². The Bertz CT molecular complexity index is 683. The number of halogens is 2. The Hall–Kier alpha value is -1.92. The zero-order valence-corrected chi connectivity index (χ0v) is 12.6. The van der Waals surface area contributed by atoms with Gasteiger partial charge >= 0.3 is 0 Å². The van der Waals surface area contributed by atoms with Gasteiger partial charge in [0.15, 0.2) is 11.5 Å². The van der Waals surface area contributed by atoms with E-state index in [9.17, 15) is 9.18 Å². The molecule has 2 aromatic rings. The molecular formula is C15H15ClFN3O2. The van der Waals surface area contributed by atoms with Gasteiger partial charge in [0, 0.05) is 11.1 Å². The number of benzene rings is 1. The van der Waals surface area contributed by atoms with E-state index in [-0.39, 0.29) is 16.4 Å².